The van der Waals surface area contributed by atoms with Crippen LogP contribution in [0.25, 0.3) is 0 Å². The SMILES string of the molecule is CCOC(=O)N(C)CC(=O)NC[C@@H](c1ccc(F)cc1)N1CCOCC1. The number of hydrogen-bond donors (Lipinski definition) is 1. The van der Waals surface area contributed by atoms with Crippen molar-refractivity contribution in [3.63, 3.8) is 0 Å². The third kappa shape index (κ3) is 5.96. The molecule has 1 aliphatic heterocycles. The maximum absolute atomic E-state index is 13.2. The zero-order valence-corrected chi connectivity index (χ0v) is 15.2. The van der Waals surface area contributed by atoms with Gasteiger partial charge >= 0.3 is 6.09 Å². The number of nitrogens with zero attached hydrogens (tertiary/aromatic N) is 2. The fourth-order valence-corrected chi connectivity index (χ4v) is 2.81. The summed E-state index contributed by atoms with van der Waals surface area (Å²) >= 11 is 0. The van der Waals surface area contributed by atoms with E-state index in [1.807, 2.05) is 0 Å². The standard InChI is InChI=1S/C18H26FN3O4/c1-3-26-18(24)21(2)13-17(23)20-12-16(22-8-10-25-11-9-22)14-4-6-15(19)7-5-14/h4-7,16H,3,8-13H2,1-2H3,(H,20,23)/t16-/m0/s1. The molecule has 1 fully saturated rings. The van der Waals surface area contributed by atoms with Gasteiger partial charge in [0.2, 0.25) is 5.91 Å². The average molecular weight is 367 g/mol. The molecule has 2 amide bonds. The molecule has 8 heteroatoms. The monoisotopic (exact) mass is 367 g/mol. The second kappa shape index (κ2) is 10.1. The van der Waals surface area contributed by atoms with Gasteiger partial charge in [-0.25, -0.2) is 9.18 Å². The predicted molar refractivity (Wildman–Crippen MR) is 94.2 cm³/mol. The summed E-state index contributed by atoms with van der Waals surface area (Å²) in [5, 5.41) is 2.86. The molecule has 1 atom stereocenters. The number of carbonyl (C=O) groups excluding carboxylic acids is 2. The van der Waals surface area contributed by atoms with Crippen LogP contribution < -0.4 is 5.32 Å². The number of halogens is 1. The van der Waals surface area contributed by atoms with Gasteiger partial charge in [-0.3, -0.25) is 9.69 Å². The maximum atomic E-state index is 13.2. The molecule has 26 heavy (non-hydrogen) atoms. The van der Waals surface area contributed by atoms with Crippen molar-refractivity contribution in [1.82, 2.24) is 15.1 Å². The topological polar surface area (TPSA) is 71.1 Å². The van der Waals surface area contributed by atoms with E-state index in [1.54, 1.807) is 19.1 Å². The highest BCUT2D eigenvalue weighted by molar-refractivity contribution is 5.82. The van der Waals surface area contributed by atoms with Crippen LogP contribution in [0.3, 0.4) is 0 Å². The molecule has 1 heterocycles. The Morgan fingerprint density at radius 3 is 2.58 bits per heavy atom. The number of carbonyl (C=O) groups is 2. The van der Waals surface area contributed by atoms with Crippen LogP contribution in [-0.4, -0.2) is 74.8 Å². The molecule has 7 nitrogen and oxygen atoms in total. The summed E-state index contributed by atoms with van der Waals surface area (Å²) < 4.78 is 23.5. The Morgan fingerprint density at radius 1 is 1.31 bits per heavy atom. The Kier molecular flexibility index (Phi) is 7.80. The summed E-state index contributed by atoms with van der Waals surface area (Å²) in [5.41, 5.74) is 0.923. The lowest BCUT2D eigenvalue weighted by Gasteiger charge is -2.35. The molecule has 0 bridgehead atoms. The van der Waals surface area contributed by atoms with Crippen LogP contribution in [0.5, 0.6) is 0 Å². The largest absolute Gasteiger partial charge is 0.450 e. The second-order valence-corrected chi connectivity index (χ2v) is 6.07. The normalized spacial score (nSPS) is 16.0. The lowest BCUT2D eigenvalue weighted by Crippen LogP contribution is -2.45. The number of benzene rings is 1. The van der Waals surface area contributed by atoms with E-state index in [9.17, 15) is 14.0 Å². The van der Waals surface area contributed by atoms with Crippen molar-refractivity contribution in [3.05, 3.63) is 35.6 Å². The molecule has 1 N–H and O–H groups in total. The molecule has 0 spiro atoms. The minimum Gasteiger partial charge on any atom is -0.450 e. The molecule has 0 unspecified atom stereocenters. The minimum absolute atomic E-state index is 0.0852. The van der Waals surface area contributed by atoms with E-state index < -0.39 is 6.09 Å². The molecule has 1 saturated heterocycles. The van der Waals surface area contributed by atoms with E-state index in [2.05, 4.69) is 10.2 Å². The number of ether oxygens (including phenoxy) is 2. The Labute approximate surface area is 153 Å². The highest BCUT2D eigenvalue weighted by atomic mass is 19.1. The summed E-state index contributed by atoms with van der Waals surface area (Å²) in [6, 6.07) is 6.20. The van der Waals surface area contributed by atoms with Gasteiger partial charge in [0, 0.05) is 26.7 Å². The van der Waals surface area contributed by atoms with Crippen molar-refractivity contribution in [1.29, 1.82) is 0 Å². The lowest BCUT2D eigenvalue weighted by atomic mass is 10.0. The van der Waals surface area contributed by atoms with E-state index in [1.165, 1.54) is 24.1 Å². The fraction of sp³-hybridized carbons (Fsp3) is 0.556. The summed E-state index contributed by atoms with van der Waals surface area (Å²) in [6.45, 7) is 4.96. The van der Waals surface area contributed by atoms with Gasteiger partial charge in [-0.05, 0) is 24.6 Å². The molecule has 1 aromatic rings. The molecule has 1 aromatic carbocycles. The summed E-state index contributed by atoms with van der Waals surface area (Å²) in [4.78, 5) is 27.2. The highest BCUT2D eigenvalue weighted by Crippen LogP contribution is 2.21. The van der Waals surface area contributed by atoms with Crippen LogP contribution in [-0.2, 0) is 14.3 Å². The second-order valence-electron chi connectivity index (χ2n) is 6.07. The van der Waals surface area contributed by atoms with Crippen molar-refractivity contribution >= 4 is 12.0 Å². The number of amides is 2. The van der Waals surface area contributed by atoms with Gasteiger partial charge in [0.1, 0.15) is 12.4 Å². The maximum Gasteiger partial charge on any atom is 0.409 e. The van der Waals surface area contributed by atoms with Gasteiger partial charge in [0.25, 0.3) is 0 Å². The molecular formula is C18H26FN3O4. The third-order valence-electron chi connectivity index (χ3n) is 4.19. The molecule has 0 saturated carbocycles. The van der Waals surface area contributed by atoms with E-state index in [0.717, 1.165) is 18.7 Å². The van der Waals surface area contributed by atoms with E-state index in [-0.39, 0.29) is 30.9 Å². The van der Waals surface area contributed by atoms with Crippen molar-refractivity contribution in [2.45, 2.75) is 13.0 Å². The average Bonchev–Trinajstić information content (AvgIpc) is 2.64. The van der Waals surface area contributed by atoms with Gasteiger partial charge in [-0.1, -0.05) is 12.1 Å². The number of morpholine rings is 1. The van der Waals surface area contributed by atoms with Crippen molar-refractivity contribution in [2.75, 3.05) is 53.0 Å². The van der Waals surface area contributed by atoms with E-state index >= 15 is 0 Å². The first-order chi connectivity index (χ1) is 12.5. The van der Waals surface area contributed by atoms with Crippen molar-refractivity contribution in [3.8, 4) is 0 Å². The van der Waals surface area contributed by atoms with Gasteiger partial charge in [-0.15, -0.1) is 0 Å². The Bertz CT molecular complexity index is 591. The fourth-order valence-electron chi connectivity index (χ4n) is 2.81. The van der Waals surface area contributed by atoms with E-state index in [4.69, 9.17) is 9.47 Å². The van der Waals surface area contributed by atoms with Crippen LogP contribution in [0.1, 0.15) is 18.5 Å². The zero-order chi connectivity index (χ0) is 18.9. The first-order valence-corrected chi connectivity index (χ1v) is 8.73. The number of hydrogen-bond acceptors (Lipinski definition) is 5. The number of rotatable bonds is 7. The highest BCUT2D eigenvalue weighted by Gasteiger charge is 2.23. The van der Waals surface area contributed by atoms with Crippen LogP contribution in [0, 0.1) is 5.82 Å². The van der Waals surface area contributed by atoms with Crippen molar-refractivity contribution < 1.29 is 23.5 Å². The molecule has 2 rings (SSSR count). The summed E-state index contributed by atoms with van der Waals surface area (Å²) in [6.07, 6.45) is -0.536. The van der Waals surface area contributed by atoms with E-state index in [0.29, 0.717) is 19.8 Å². The number of nitrogens with one attached hydrogen (secondary N) is 1. The zero-order valence-electron chi connectivity index (χ0n) is 15.2. The Balaban J connectivity index is 1.96. The molecule has 1 aliphatic rings. The predicted octanol–water partition coefficient (Wildman–Crippen LogP) is 1.40. The summed E-state index contributed by atoms with van der Waals surface area (Å²) in [7, 11) is 1.51. The van der Waals surface area contributed by atoms with Crippen LogP contribution in [0.2, 0.25) is 0 Å². The Morgan fingerprint density at radius 2 is 1.96 bits per heavy atom. The summed E-state index contributed by atoms with van der Waals surface area (Å²) in [5.74, 6) is -0.574. The smallest absolute Gasteiger partial charge is 0.409 e. The van der Waals surface area contributed by atoms with Gasteiger partial charge in [-0.2, -0.15) is 0 Å². The minimum atomic E-state index is -0.536. The third-order valence-corrected chi connectivity index (χ3v) is 4.19. The van der Waals surface area contributed by atoms with Crippen LogP contribution in [0.4, 0.5) is 9.18 Å². The molecular weight excluding hydrogens is 341 g/mol. The van der Waals surface area contributed by atoms with Crippen LogP contribution in [0.15, 0.2) is 24.3 Å². The number of likely N-dealkylation sites (N-methyl/N-ethyl adjacent to an activating group) is 1. The molecule has 0 aliphatic carbocycles. The van der Waals surface area contributed by atoms with Gasteiger partial charge < -0.3 is 19.7 Å². The first-order valence-electron chi connectivity index (χ1n) is 8.73. The van der Waals surface area contributed by atoms with Gasteiger partial charge in [0.05, 0.1) is 25.9 Å². The lowest BCUT2D eigenvalue weighted by molar-refractivity contribution is -0.122. The molecule has 0 radical (unpaired) electrons. The van der Waals surface area contributed by atoms with Crippen LogP contribution >= 0.6 is 0 Å². The Hall–Kier alpha value is -2.19. The first kappa shape index (κ1) is 20.1. The van der Waals surface area contributed by atoms with Gasteiger partial charge in [0.15, 0.2) is 0 Å². The van der Waals surface area contributed by atoms with Crippen molar-refractivity contribution in [2.24, 2.45) is 0 Å². The quantitative estimate of drug-likeness (QED) is 0.789. The molecule has 0 aromatic heterocycles. The molecule has 144 valence electrons.